The molecule has 0 aromatic heterocycles. The van der Waals surface area contributed by atoms with Crippen molar-refractivity contribution in [2.24, 2.45) is 5.73 Å². The maximum atomic E-state index is 13.6. The van der Waals surface area contributed by atoms with Crippen LogP contribution in [0.5, 0.6) is 0 Å². The van der Waals surface area contributed by atoms with E-state index >= 15 is 0 Å². The molecule has 2 fully saturated rings. The first kappa shape index (κ1) is 22.8. The van der Waals surface area contributed by atoms with Gasteiger partial charge in [-0.25, -0.2) is 4.79 Å². The first-order valence-electron chi connectivity index (χ1n) is 9.86. The van der Waals surface area contributed by atoms with Crippen LogP contribution >= 0.6 is 0 Å². The summed E-state index contributed by atoms with van der Waals surface area (Å²) in [6.07, 6.45) is -2.13. The smallest absolute Gasteiger partial charge is 0.370 e. The molecule has 1 heterocycles. The second-order valence-electron chi connectivity index (χ2n) is 7.35. The van der Waals surface area contributed by atoms with E-state index in [1.807, 2.05) is 0 Å². The van der Waals surface area contributed by atoms with Gasteiger partial charge in [-0.15, -0.1) is 0 Å². The topological polar surface area (TPSA) is 126 Å². The zero-order valence-electron chi connectivity index (χ0n) is 16.6. The van der Waals surface area contributed by atoms with Crippen molar-refractivity contribution in [2.75, 3.05) is 36.5 Å². The summed E-state index contributed by atoms with van der Waals surface area (Å²) in [6.45, 7) is -0.187. The third kappa shape index (κ3) is 5.64. The number of halogens is 3. The summed E-state index contributed by atoms with van der Waals surface area (Å²) in [7, 11) is 0. The molecule has 9 nitrogen and oxygen atoms in total. The number of nitrogens with two attached hydrogens (primary N) is 1. The van der Waals surface area contributed by atoms with Gasteiger partial charge < -0.3 is 31.3 Å². The summed E-state index contributed by atoms with van der Waals surface area (Å²) in [5.41, 5.74) is 3.96. The van der Waals surface area contributed by atoms with Crippen molar-refractivity contribution in [3.05, 3.63) is 23.8 Å². The van der Waals surface area contributed by atoms with Crippen LogP contribution in [0.1, 0.15) is 24.8 Å². The normalized spacial score (nSPS) is 18.2. The lowest BCUT2D eigenvalue weighted by atomic mass is 9.93. The maximum absolute atomic E-state index is 13.6. The minimum absolute atomic E-state index is 0.0220. The molecule has 3 rings (SSSR count). The summed E-state index contributed by atoms with van der Waals surface area (Å²) in [6, 6.07) is 1.37. The number of benzene rings is 1. The average molecular weight is 443 g/mol. The van der Waals surface area contributed by atoms with Crippen molar-refractivity contribution in [1.82, 2.24) is 10.6 Å². The zero-order valence-corrected chi connectivity index (χ0v) is 16.6. The minimum atomic E-state index is -4.79. The van der Waals surface area contributed by atoms with Gasteiger partial charge in [0.05, 0.1) is 17.9 Å². The highest BCUT2D eigenvalue weighted by molar-refractivity contribution is 5.99. The van der Waals surface area contributed by atoms with E-state index in [1.54, 1.807) is 0 Å². The number of hydrogen-bond donors (Lipinski definition) is 4. The van der Waals surface area contributed by atoms with E-state index in [4.69, 9.17) is 10.5 Å². The van der Waals surface area contributed by atoms with Crippen LogP contribution in [0.25, 0.3) is 0 Å². The van der Waals surface area contributed by atoms with Crippen LogP contribution in [0.4, 0.5) is 29.3 Å². The van der Waals surface area contributed by atoms with Gasteiger partial charge in [-0.05, 0) is 37.5 Å². The number of morpholine rings is 1. The van der Waals surface area contributed by atoms with Gasteiger partial charge in [0.2, 0.25) is 5.91 Å². The molecule has 31 heavy (non-hydrogen) atoms. The number of ether oxygens (including phenoxy) is 1. The molecule has 170 valence electrons. The third-order valence-corrected chi connectivity index (χ3v) is 5.16. The molecule has 1 saturated carbocycles. The number of carbonyl (C=O) groups is 3. The number of rotatable bonds is 6. The molecular formula is C19H24F3N5O4. The molecular weight excluding hydrogens is 419 g/mol. The van der Waals surface area contributed by atoms with Gasteiger partial charge in [-0.1, -0.05) is 0 Å². The molecule has 1 atom stereocenters. The Bertz CT molecular complexity index is 844. The number of hydrogen-bond acceptors (Lipinski definition) is 5. The zero-order chi connectivity index (χ0) is 22.6. The lowest BCUT2D eigenvalue weighted by Crippen LogP contribution is -2.54. The lowest BCUT2D eigenvalue weighted by molar-refractivity contribution is -0.137. The Morgan fingerprint density at radius 1 is 1.29 bits per heavy atom. The molecule has 0 unspecified atom stereocenters. The predicted octanol–water partition coefficient (Wildman–Crippen LogP) is 1.19. The van der Waals surface area contributed by atoms with Crippen molar-refractivity contribution in [1.29, 1.82) is 0 Å². The fourth-order valence-corrected chi connectivity index (χ4v) is 3.22. The van der Waals surface area contributed by atoms with Crippen LogP contribution in [0.15, 0.2) is 18.2 Å². The first-order chi connectivity index (χ1) is 14.7. The van der Waals surface area contributed by atoms with Crippen LogP contribution in [0.3, 0.4) is 0 Å². The Morgan fingerprint density at radius 2 is 2.03 bits per heavy atom. The van der Waals surface area contributed by atoms with E-state index in [1.165, 1.54) is 11.0 Å². The number of nitrogens with one attached hydrogen (secondary N) is 3. The predicted molar refractivity (Wildman–Crippen MR) is 105 cm³/mol. The molecule has 2 aliphatic rings. The van der Waals surface area contributed by atoms with E-state index in [2.05, 4.69) is 16.0 Å². The van der Waals surface area contributed by atoms with E-state index in [9.17, 15) is 27.6 Å². The quantitative estimate of drug-likeness (QED) is 0.526. The number of alkyl halides is 3. The summed E-state index contributed by atoms with van der Waals surface area (Å²) in [5, 5.41) is 7.23. The van der Waals surface area contributed by atoms with Gasteiger partial charge in [0.15, 0.2) is 0 Å². The summed E-state index contributed by atoms with van der Waals surface area (Å²) in [5.74, 6) is -1.34. The van der Waals surface area contributed by atoms with Crippen LogP contribution in [0, 0.1) is 0 Å². The molecule has 1 saturated heterocycles. The Morgan fingerprint density at radius 3 is 2.61 bits per heavy atom. The largest absolute Gasteiger partial charge is 0.418 e. The maximum Gasteiger partial charge on any atom is 0.418 e. The van der Waals surface area contributed by atoms with E-state index in [0.717, 1.165) is 31.4 Å². The first-order valence-corrected chi connectivity index (χ1v) is 9.86. The monoisotopic (exact) mass is 443 g/mol. The van der Waals surface area contributed by atoms with Crippen LogP contribution in [0.2, 0.25) is 0 Å². The van der Waals surface area contributed by atoms with Gasteiger partial charge >= 0.3 is 12.2 Å². The SMILES string of the molecule is NC[C@@H](NC(=O)NC1CCC1)C(=O)Nc1ccc(N2CCOCC2=O)cc1C(F)(F)F. The molecule has 5 N–H and O–H groups in total. The van der Waals surface area contributed by atoms with Crippen molar-refractivity contribution in [3.8, 4) is 0 Å². The fourth-order valence-electron chi connectivity index (χ4n) is 3.22. The van der Waals surface area contributed by atoms with Crippen molar-refractivity contribution in [3.63, 3.8) is 0 Å². The number of anilines is 2. The van der Waals surface area contributed by atoms with Crippen molar-refractivity contribution in [2.45, 2.75) is 37.5 Å². The Balaban J connectivity index is 1.74. The summed E-state index contributed by atoms with van der Waals surface area (Å²) in [4.78, 5) is 37.6. The standard InChI is InChI=1S/C19H24F3N5O4/c20-19(21,22)13-8-12(27-6-7-31-10-16(27)28)4-5-14(13)25-17(29)15(9-23)26-18(30)24-11-2-1-3-11/h4-5,8,11,15H,1-3,6-7,9-10,23H2,(H,25,29)(H2,24,26,30)/t15-/m1/s1. The van der Waals surface area contributed by atoms with Gasteiger partial charge in [0.25, 0.3) is 5.91 Å². The molecule has 1 aliphatic carbocycles. The number of amides is 4. The van der Waals surface area contributed by atoms with Crippen LogP contribution < -0.4 is 26.6 Å². The second kappa shape index (κ2) is 9.52. The highest BCUT2D eigenvalue weighted by atomic mass is 19.4. The molecule has 1 aliphatic heterocycles. The molecule has 1 aromatic rings. The van der Waals surface area contributed by atoms with Gasteiger partial charge in [-0.2, -0.15) is 13.2 Å². The molecule has 12 heteroatoms. The molecule has 4 amide bonds. The average Bonchev–Trinajstić information content (AvgIpc) is 2.69. The van der Waals surface area contributed by atoms with Gasteiger partial charge in [0, 0.05) is 24.8 Å². The fraction of sp³-hybridized carbons (Fsp3) is 0.526. The van der Waals surface area contributed by atoms with Crippen LogP contribution in [-0.4, -0.2) is 56.2 Å². The number of carbonyl (C=O) groups excluding carboxylic acids is 3. The highest BCUT2D eigenvalue weighted by Gasteiger charge is 2.36. The summed E-state index contributed by atoms with van der Waals surface area (Å²) >= 11 is 0. The number of nitrogens with zero attached hydrogens (tertiary/aromatic N) is 1. The molecule has 0 radical (unpaired) electrons. The molecule has 1 aromatic carbocycles. The van der Waals surface area contributed by atoms with Gasteiger partial charge in [-0.3, -0.25) is 9.59 Å². The van der Waals surface area contributed by atoms with E-state index < -0.39 is 41.3 Å². The molecule has 0 bridgehead atoms. The minimum Gasteiger partial charge on any atom is -0.370 e. The third-order valence-electron chi connectivity index (χ3n) is 5.16. The van der Waals surface area contributed by atoms with Crippen molar-refractivity contribution >= 4 is 29.2 Å². The molecule has 0 spiro atoms. The lowest BCUT2D eigenvalue weighted by Gasteiger charge is -2.28. The second-order valence-corrected chi connectivity index (χ2v) is 7.35. The van der Waals surface area contributed by atoms with Crippen molar-refractivity contribution < 1.29 is 32.3 Å². The summed E-state index contributed by atoms with van der Waals surface area (Å²) < 4.78 is 45.9. The van der Waals surface area contributed by atoms with Crippen LogP contribution in [-0.2, 0) is 20.5 Å². The Kier molecular flexibility index (Phi) is 7.01. The Labute approximate surface area is 176 Å². The highest BCUT2D eigenvalue weighted by Crippen LogP contribution is 2.37. The van der Waals surface area contributed by atoms with E-state index in [-0.39, 0.29) is 38.0 Å². The van der Waals surface area contributed by atoms with Gasteiger partial charge in [0.1, 0.15) is 12.6 Å². The van der Waals surface area contributed by atoms with E-state index in [0.29, 0.717) is 0 Å². The number of urea groups is 1. The Hall–Kier alpha value is -2.86.